The predicted octanol–water partition coefficient (Wildman–Crippen LogP) is 2.78. The van der Waals surface area contributed by atoms with Crippen molar-refractivity contribution in [1.29, 1.82) is 0 Å². The van der Waals surface area contributed by atoms with E-state index in [1.807, 2.05) is 0 Å². The van der Waals surface area contributed by atoms with Crippen molar-refractivity contribution in [3.63, 3.8) is 0 Å². The van der Waals surface area contributed by atoms with Crippen LogP contribution in [0.5, 0.6) is 0 Å². The van der Waals surface area contributed by atoms with Crippen molar-refractivity contribution in [2.75, 3.05) is 25.0 Å². The summed E-state index contributed by atoms with van der Waals surface area (Å²) in [4.78, 5) is 7.09. The molecule has 1 fully saturated rings. The quantitative estimate of drug-likeness (QED) is 0.664. The summed E-state index contributed by atoms with van der Waals surface area (Å²) < 4.78 is 0. The first-order valence-corrected chi connectivity index (χ1v) is 8.69. The van der Waals surface area contributed by atoms with E-state index in [0.717, 1.165) is 25.2 Å². The van der Waals surface area contributed by atoms with Crippen LogP contribution in [0.25, 0.3) is 0 Å². The van der Waals surface area contributed by atoms with Gasteiger partial charge in [-0.25, -0.2) is 0 Å². The molecule has 0 radical (unpaired) electrons. The number of anilines is 1. The van der Waals surface area contributed by atoms with Crippen molar-refractivity contribution in [2.24, 2.45) is 10.7 Å². The highest BCUT2D eigenvalue weighted by Crippen LogP contribution is 2.27. The Morgan fingerprint density at radius 3 is 3.05 bits per heavy atom. The molecule has 22 heavy (non-hydrogen) atoms. The van der Waals surface area contributed by atoms with Gasteiger partial charge >= 0.3 is 0 Å². The highest BCUT2D eigenvalue weighted by atomic mass is 15.2. The molecule has 1 aromatic carbocycles. The SMILES string of the molecule is CCN1CCCC1CN=C(N)Nc1cccc2c1CCCC2. The van der Waals surface area contributed by atoms with Crippen molar-refractivity contribution in [1.82, 2.24) is 4.90 Å². The van der Waals surface area contributed by atoms with E-state index in [4.69, 9.17) is 5.73 Å². The average molecular weight is 300 g/mol. The number of rotatable bonds is 4. The van der Waals surface area contributed by atoms with Gasteiger partial charge in [-0.1, -0.05) is 19.1 Å². The lowest BCUT2D eigenvalue weighted by atomic mass is 9.90. The molecular formula is C18H28N4. The highest BCUT2D eigenvalue weighted by molar-refractivity contribution is 5.93. The lowest BCUT2D eigenvalue weighted by molar-refractivity contribution is 0.273. The van der Waals surface area contributed by atoms with E-state index < -0.39 is 0 Å². The Hall–Kier alpha value is -1.55. The second-order valence-electron chi connectivity index (χ2n) is 6.43. The van der Waals surface area contributed by atoms with Crippen LogP contribution in [0.1, 0.15) is 43.7 Å². The number of nitrogens with zero attached hydrogens (tertiary/aromatic N) is 2. The summed E-state index contributed by atoms with van der Waals surface area (Å²) >= 11 is 0. The molecule has 1 saturated heterocycles. The molecule has 0 saturated carbocycles. The van der Waals surface area contributed by atoms with Crippen LogP contribution in [0, 0.1) is 0 Å². The average Bonchev–Trinajstić information content (AvgIpc) is 3.01. The van der Waals surface area contributed by atoms with E-state index in [0.29, 0.717) is 12.0 Å². The topological polar surface area (TPSA) is 53.6 Å². The van der Waals surface area contributed by atoms with E-state index in [-0.39, 0.29) is 0 Å². The molecule has 0 amide bonds. The third kappa shape index (κ3) is 3.43. The minimum Gasteiger partial charge on any atom is -0.370 e. The van der Waals surface area contributed by atoms with Gasteiger partial charge in [0, 0.05) is 11.7 Å². The van der Waals surface area contributed by atoms with Gasteiger partial charge in [-0.2, -0.15) is 0 Å². The zero-order valence-electron chi connectivity index (χ0n) is 13.6. The number of guanidine groups is 1. The number of likely N-dealkylation sites (tertiary alicyclic amines) is 1. The second-order valence-corrected chi connectivity index (χ2v) is 6.43. The van der Waals surface area contributed by atoms with Gasteiger partial charge in [0.25, 0.3) is 0 Å². The van der Waals surface area contributed by atoms with E-state index in [1.54, 1.807) is 0 Å². The fourth-order valence-electron chi connectivity index (χ4n) is 3.80. The first-order valence-electron chi connectivity index (χ1n) is 8.69. The van der Waals surface area contributed by atoms with E-state index in [2.05, 4.69) is 40.3 Å². The van der Waals surface area contributed by atoms with Crippen LogP contribution in [-0.2, 0) is 12.8 Å². The van der Waals surface area contributed by atoms with Gasteiger partial charge in [0.1, 0.15) is 0 Å². The standard InChI is InChI=1S/C18H28N4/c1-2-22-12-6-9-15(22)13-20-18(19)21-17-11-5-8-14-7-3-4-10-16(14)17/h5,8,11,15H,2-4,6-7,9-10,12-13H2,1H3,(H3,19,20,21). The molecule has 1 atom stereocenters. The van der Waals surface area contributed by atoms with Gasteiger partial charge in [0.2, 0.25) is 0 Å². The largest absolute Gasteiger partial charge is 0.370 e. The molecule has 2 aliphatic rings. The number of nitrogens with one attached hydrogen (secondary N) is 1. The second kappa shape index (κ2) is 7.14. The summed E-state index contributed by atoms with van der Waals surface area (Å²) in [6, 6.07) is 7.05. The maximum atomic E-state index is 6.12. The third-order valence-electron chi connectivity index (χ3n) is 5.04. The molecular weight excluding hydrogens is 272 g/mol. The summed E-state index contributed by atoms with van der Waals surface area (Å²) in [5, 5.41) is 3.34. The number of fused-ring (bicyclic) bond motifs is 1. The summed E-state index contributed by atoms with van der Waals surface area (Å²) in [7, 11) is 0. The Bertz CT molecular complexity index is 538. The maximum Gasteiger partial charge on any atom is 0.193 e. The summed E-state index contributed by atoms with van der Waals surface area (Å²) in [5.74, 6) is 0.557. The number of benzene rings is 1. The van der Waals surface area contributed by atoms with Crippen LogP contribution in [0.3, 0.4) is 0 Å². The van der Waals surface area contributed by atoms with E-state index in [1.165, 1.54) is 49.8 Å². The lowest BCUT2D eigenvalue weighted by Gasteiger charge is -2.22. The Kier molecular flexibility index (Phi) is 4.98. The molecule has 0 aromatic heterocycles. The molecule has 120 valence electrons. The molecule has 3 N–H and O–H groups in total. The molecule has 0 bridgehead atoms. The Morgan fingerprint density at radius 1 is 1.32 bits per heavy atom. The summed E-state index contributed by atoms with van der Waals surface area (Å²) in [6.45, 7) is 5.34. The fourth-order valence-corrected chi connectivity index (χ4v) is 3.80. The Balaban J connectivity index is 1.64. The predicted molar refractivity (Wildman–Crippen MR) is 93.5 cm³/mol. The molecule has 1 heterocycles. The van der Waals surface area contributed by atoms with Crippen LogP contribution in [0.2, 0.25) is 0 Å². The molecule has 4 nitrogen and oxygen atoms in total. The van der Waals surface area contributed by atoms with Crippen LogP contribution in [0.15, 0.2) is 23.2 Å². The monoisotopic (exact) mass is 300 g/mol. The lowest BCUT2D eigenvalue weighted by Crippen LogP contribution is -2.33. The first-order chi connectivity index (χ1) is 10.8. The van der Waals surface area contributed by atoms with Crippen molar-refractivity contribution in [2.45, 2.75) is 51.5 Å². The van der Waals surface area contributed by atoms with E-state index >= 15 is 0 Å². The zero-order valence-corrected chi connectivity index (χ0v) is 13.6. The van der Waals surface area contributed by atoms with Gasteiger partial charge in [-0.3, -0.25) is 9.89 Å². The number of nitrogens with two attached hydrogens (primary N) is 1. The van der Waals surface area contributed by atoms with Gasteiger partial charge in [-0.15, -0.1) is 0 Å². The zero-order chi connectivity index (χ0) is 15.4. The number of likely N-dealkylation sites (N-methyl/N-ethyl adjacent to an activating group) is 1. The molecule has 4 heteroatoms. The summed E-state index contributed by atoms with van der Waals surface area (Å²) in [5.41, 5.74) is 10.2. The van der Waals surface area contributed by atoms with Crippen LogP contribution in [-0.4, -0.2) is 36.5 Å². The van der Waals surface area contributed by atoms with Crippen LogP contribution < -0.4 is 11.1 Å². The molecule has 1 aliphatic carbocycles. The van der Waals surface area contributed by atoms with Crippen LogP contribution >= 0.6 is 0 Å². The molecule has 1 aliphatic heterocycles. The van der Waals surface area contributed by atoms with Gasteiger partial charge in [-0.05, 0) is 68.8 Å². The number of hydrogen-bond donors (Lipinski definition) is 2. The molecule has 0 spiro atoms. The van der Waals surface area contributed by atoms with E-state index in [9.17, 15) is 0 Å². The smallest absolute Gasteiger partial charge is 0.193 e. The first kappa shape index (κ1) is 15.3. The van der Waals surface area contributed by atoms with Gasteiger partial charge in [0.05, 0.1) is 6.54 Å². The maximum absolute atomic E-state index is 6.12. The molecule has 3 rings (SSSR count). The van der Waals surface area contributed by atoms with Gasteiger partial charge < -0.3 is 11.1 Å². The van der Waals surface area contributed by atoms with Crippen molar-refractivity contribution < 1.29 is 0 Å². The Labute approximate surface area is 133 Å². The van der Waals surface area contributed by atoms with Gasteiger partial charge in [0.15, 0.2) is 5.96 Å². The summed E-state index contributed by atoms with van der Waals surface area (Å²) in [6.07, 6.45) is 7.44. The third-order valence-corrected chi connectivity index (χ3v) is 5.04. The minimum absolute atomic E-state index is 0.557. The van der Waals surface area contributed by atoms with Crippen LogP contribution in [0.4, 0.5) is 5.69 Å². The van der Waals surface area contributed by atoms with Crippen molar-refractivity contribution in [3.8, 4) is 0 Å². The normalized spacial score (nSPS) is 22.6. The molecule has 1 unspecified atom stereocenters. The fraction of sp³-hybridized carbons (Fsp3) is 0.611. The van der Waals surface area contributed by atoms with Crippen molar-refractivity contribution in [3.05, 3.63) is 29.3 Å². The number of aryl methyl sites for hydroxylation is 1. The molecule has 1 aromatic rings. The Morgan fingerprint density at radius 2 is 2.18 bits per heavy atom. The number of hydrogen-bond acceptors (Lipinski definition) is 2. The number of aliphatic imine (C=N–C) groups is 1. The minimum atomic E-state index is 0.557. The highest BCUT2D eigenvalue weighted by Gasteiger charge is 2.22. The van der Waals surface area contributed by atoms with Crippen molar-refractivity contribution >= 4 is 11.6 Å².